The summed E-state index contributed by atoms with van der Waals surface area (Å²) >= 11 is 0. The Kier molecular flexibility index (Phi) is 6.79. The van der Waals surface area contributed by atoms with Crippen molar-refractivity contribution in [2.75, 3.05) is 13.7 Å². The minimum absolute atomic E-state index is 0.142. The van der Waals surface area contributed by atoms with Gasteiger partial charge in [0.25, 0.3) is 0 Å². The summed E-state index contributed by atoms with van der Waals surface area (Å²) in [5, 5.41) is 3.91. The van der Waals surface area contributed by atoms with E-state index in [1.54, 1.807) is 0 Å². The molecule has 116 valence electrons. The number of ether oxygens (including phenoxy) is 2. The molecule has 0 saturated heterocycles. The molecule has 21 heavy (non-hydrogen) atoms. The lowest BCUT2D eigenvalue weighted by molar-refractivity contribution is 0.203. The van der Waals surface area contributed by atoms with E-state index in [2.05, 4.69) is 5.16 Å². The average molecular weight is 291 g/mol. The topological polar surface area (TPSA) is 40.0 Å². The molecule has 0 fully saturated rings. The molecule has 0 amide bonds. The van der Waals surface area contributed by atoms with Gasteiger partial charge in [-0.15, -0.1) is 0 Å². The number of allylic oxidation sites excluding steroid dienone is 1. The van der Waals surface area contributed by atoms with Gasteiger partial charge in [0.15, 0.2) is 0 Å². The molecule has 0 aliphatic rings. The van der Waals surface area contributed by atoms with Gasteiger partial charge in [-0.05, 0) is 57.9 Å². The first-order valence-electron chi connectivity index (χ1n) is 7.09. The number of nitrogens with zero attached hydrogens (tertiary/aromatic N) is 1. The first-order chi connectivity index (χ1) is 9.99. The van der Waals surface area contributed by atoms with Crippen molar-refractivity contribution in [3.63, 3.8) is 0 Å². The van der Waals surface area contributed by atoms with E-state index in [4.69, 9.17) is 14.3 Å². The van der Waals surface area contributed by atoms with E-state index in [1.807, 2.05) is 58.9 Å². The fourth-order valence-corrected chi connectivity index (χ4v) is 1.90. The second-order valence-electron chi connectivity index (χ2n) is 4.94. The highest BCUT2D eigenvalue weighted by atomic mass is 16.6. The maximum Gasteiger partial charge on any atom is 0.137 e. The first-order valence-corrected chi connectivity index (χ1v) is 7.09. The zero-order valence-corrected chi connectivity index (χ0v) is 13.8. The van der Waals surface area contributed by atoms with Crippen molar-refractivity contribution in [1.82, 2.24) is 0 Å². The normalized spacial score (nSPS) is 13.3. The monoisotopic (exact) mass is 291 g/mol. The van der Waals surface area contributed by atoms with Gasteiger partial charge >= 0.3 is 0 Å². The van der Waals surface area contributed by atoms with E-state index in [0.717, 1.165) is 28.3 Å². The Morgan fingerprint density at radius 2 is 1.90 bits per heavy atom. The minimum Gasteiger partial charge on any atom is -0.490 e. The molecular formula is C17H25NO3. The lowest BCUT2D eigenvalue weighted by Crippen LogP contribution is -2.22. The van der Waals surface area contributed by atoms with Gasteiger partial charge in [-0.1, -0.05) is 17.3 Å². The zero-order valence-electron chi connectivity index (χ0n) is 13.8. The van der Waals surface area contributed by atoms with Crippen LogP contribution in [-0.2, 0) is 4.84 Å². The van der Waals surface area contributed by atoms with Crippen molar-refractivity contribution >= 4 is 5.71 Å². The molecular weight excluding hydrogens is 266 g/mol. The molecule has 4 heteroatoms. The summed E-state index contributed by atoms with van der Waals surface area (Å²) in [4.78, 5) is 4.78. The Hall–Kier alpha value is -1.97. The predicted octanol–water partition coefficient (Wildman–Crippen LogP) is 4.05. The third-order valence-electron chi connectivity index (χ3n) is 3.13. The van der Waals surface area contributed by atoms with Crippen LogP contribution in [0.25, 0.3) is 0 Å². The van der Waals surface area contributed by atoms with Crippen LogP contribution < -0.4 is 9.47 Å². The maximum absolute atomic E-state index is 5.99. The first kappa shape index (κ1) is 17.1. The smallest absolute Gasteiger partial charge is 0.137 e. The van der Waals surface area contributed by atoms with E-state index in [1.165, 1.54) is 7.11 Å². The van der Waals surface area contributed by atoms with Gasteiger partial charge in [-0.2, -0.15) is 0 Å². The number of hydrogen-bond donors (Lipinski definition) is 0. The molecule has 1 unspecified atom stereocenters. The highest BCUT2D eigenvalue weighted by Crippen LogP contribution is 2.29. The third-order valence-corrected chi connectivity index (χ3v) is 3.13. The number of aryl methyl sites for hydroxylation is 2. The van der Waals surface area contributed by atoms with E-state index < -0.39 is 0 Å². The molecule has 1 aromatic carbocycles. The summed E-state index contributed by atoms with van der Waals surface area (Å²) in [7, 11) is 1.53. The Morgan fingerprint density at radius 1 is 1.29 bits per heavy atom. The lowest BCUT2D eigenvalue weighted by Gasteiger charge is -2.19. The van der Waals surface area contributed by atoms with Crippen LogP contribution in [0.15, 0.2) is 29.4 Å². The van der Waals surface area contributed by atoms with E-state index in [0.29, 0.717) is 6.61 Å². The maximum atomic E-state index is 5.99. The van der Waals surface area contributed by atoms with E-state index >= 15 is 0 Å². The largest absolute Gasteiger partial charge is 0.490 e. The summed E-state index contributed by atoms with van der Waals surface area (Å²) in [5.74, 6) is 1.72. The van der Waals surface area contributed by atoms with Gasteiger partial charge in [0.1, 0.15) is 31.3 Å². The Labute approximate surface area is 127 Å². The molecule has 1 atom stereocenters. The zero-order chi connectivity index (χ0) is 15.8. The molecule has 0 bridgehead atoms. The van der Waals surface area contributed by atoms with E-state index in [9.17, 15) is 0 Å². The minimum atomic E-state index is -0.142. The van der Waals surface area contributed by atoms with Crippen LogP contribution in [0.2, 0.25) is 0 Å². The molecule has 0 aliphatic carbocycles. The number of hydrogen-bond acceptors (Lipinski definition) is 4. The van der Waals surface area contributed by atoms with Crippen LogP contribution in [0.1, 0.15) is 31.9 Å². The van der Waals surface area contributed by atoms with E-state index in [-0.39, 0.29) is 6.10 Å². The van der Waals surface area contributed by atoms with Crippen molar-refractivity contribution in [1.29, 1.82) is 0 Å². The standard InChI is InChI=1S/C17H25NO3/c1-7-8-9-20-16-10-12(2)17(13(3)11-16)21-15(5)14(4)18-19-6/h7-8,10-11,15H,9H2,1-6H3/b8-7+,18-14+. The van der Waals surface area contributed by atoms with Crippen molar-refractivity contribution in [2.45, 2.75) is 40.7 Å². The van der Waals surface area contributed by atoms with Crippen LogP contribution in [0.5, 0.6) is 11.5 Å². The van der Waals surface area contributed by atoms with Crippen LogP contribution in [-0.4, -0.2) is 25.5 Å². The molecule has 0 spiro atoms. The van der Waals surface area contributed by atoms with Gasteiger partial charge in [0.2, 0.25) is 0 Å². The van der Waals surface area contributed by atoms with Crippen molar-refractivity contribution < 1.29 is 14.3 Å². The summed E-state index contributed by atoms with van der Waals surface area (Å²) < 4.78 is 11.7. The molecule has 0 radical (unpaired) electrons. The fraction of sp³-hybridized carbons (Fsp3) is 0.471. The fourth-order valence-electron chi connectivity index (χ4n) is 1.90. The van der Waals surface area contributed by atoms with Crippen LogP contribution in [0.3, 0.4) is 0 Å². The van der Waals surface area contributed by atoms with Crippen molar-refractivity contribution in [2.24, 2.45) is 5.16 Å². The van der Waals surface area contributed by atoms with Gasteiger partial charge in [-0.25, -0.2) is 0 Å². The lowest BCUT2D eigenvalue weighted by atomic mass is 10.1. The highest BCUT2D eigenvalue weighted by molar-refractivity contribution is 5.85. The van der Waals surface area contributed by atoms with Crippen LogP contribution >= 0.6 is 0 Å². The van der Waals surface area contributed by atoms with Crippen molar-refractivity contribution in [3.8, 4) is 11.5 Å². The molecule has 0 N–H and O–H groups in total. The summed E-state index contributed by atoms with van der Waals surface area (Å²) in [6.07, 6.45) is 3.80. The van der Waals surface area contributed by atoms with Gasteiger partial charge < -0.3 is 14.3 Å². The molecule has 0 aliphatic heterocycles. The Morgan fingerprint density at radius 3 is 2.43 bits per heavy atom. The summed E-state index contributed by atoms with van der Waals surface area (Å²) in [6, 6.07) is 3.97. The van der Waals surface area contributed by atoms with Crippen LogP contribution in [0, 0.1) is 13.8 Å². The summed E-state index contributed by atoms with van der Waals surface area (Å²) in [6.45, 7) is 10.4. The Balaban J connectivity index is 2.87. The van der Waals surface area contributed by atoms with Crippen molar-refractivity contribution in [3.05, 3.63) is 35.4 Å². The highest BCUT2D eigenvalue weighted by Gasteiger charge is 2.13. The second-order valence-corrected chi connectivity index (χ2v) is 4.94. The molecule has 1 rings (SSSR count). The molecule has 4 nitrogen and oxygen atoms in total. The average Bonchev–Trinajstić information content (AvgIpc) is 2.43. The molecule has 0 saturated carbocycles. The third kappa shape index (κ3) is 5.14. The van der Waals surface area contributed by atoms with Gasteiger partial charge in [0, 0.05) is 0 Å². The number of benzene rings is 1. The number of oxime groups is 1. The van der Waals surface area contributed by atoms with Gasteiger partial charge in [-0.3, -0.25) is 0 Å². The SMILES string of the molecule is C/C=C/COc1cc(C)c(OC(C)/C(C)=N/OC)c(C)c1. The predicted molar refractivity (Wildman–Crippen MR) is 86.4 cm³/mol. The molecule has 1 aromatic rings. The summed E-state index contributed by atoms with van der Waals surface area (Å²) in [5.41, 5.74) is 2.88. The molecule has 0 aromatic heterocycles. The Bertz CT molecular complexity index is 498. The van der Waals surface area contributed by atoms with Crippen LogP contribution in [0.4, 0.5) is 0 Å². The number of rotatable bonds is 7. The van der Waals surface area contributed by atoms with Gasteiger partial charge in [0.05, 0.1) is 5.71 Å². The second kappa shape index (κ2) is 8.35. The quantitative estimate of drug-likeness (QED) is 0.432. The molecule has 0 heterocycles.